The van der Waals surface area contributed by atoms with Crippen molar-refractivity contribution in [3.63, 3.8) is 0 Å². The zero-order valence-electron chi connectivity index (χ0n) is 14.7. The lowest BCUT2D eigenvalue weighted by molar-refractivity contribution is -0.00000515. The Morgan fingerprint density at radius 2 is 1.12 bits per heavy atom. The molecule has 0 radical (unpaired) electrons. The number of hydrogen-bond acceptors (Lipinski definition) is 1. The molecule has 0 spiro atoms. The number of hydrogen-bond donors (Lipinski definition) is 0. The fraction of sp³-hybridized carbons (Fsp3) is 0.0870. The molecule has 0 fully saturated rings. The Bertz CT molecular complexity index is 787. The van der Waals surface area contributed by atoms with Crippen LogP contribution in [0.4, 0.5) is 0 Å². The summed E-state index contributed by atoms with van der Waals surface area (Å²) in [6.45, 7) is 1.88. The lowest BCUT2D eigenvalue weighted by atomic mass is 10.3. The molecule has 0 aromatic heterocycles. The molecule has 3 rings (SSSR count). The van der Waals surface area contributed by atoms with E-state index in [4.69, 9.17) is 0 Å². The zero-order valence-corrected chi connectivity index (χ0v) is 16.4. The fourth-order valence-corrected chi connectivity index (χ4v) is 7.25. The van der Waals surface area contributed by atoms with E-state index in [2.05, 4.69) is 103 Å². The van der Waals surface area contributed by atoms with E-state index in [1.54, 1.807) is 0 Å². The Labute approximate surface area is 162 Å². The average Bonchev–Trinajstić information content (AvgIpc) is 2.71. The van der Waals surface area contributed by atoms with Crippen molar-refractivity contribution in [1.82, 2.24) is 0 Å². The van der Waals surface area contributed by atoms with E-state index < -0.39 is 7.26 Å². The number of allylic oxidation sites excluding steroid dienone is 2. The van der Waals surface area contributed by atoms with Gasteiger partial charge in [0, 0.05) is 5.57 Å². The first-order valence-electron chi connectivity index (χ1n) is 8.39. The lowest BCUT2D eigenvalue weighted by Crippen LogP contribution is -3.00. The normalized spacial score (nSPS) is 11.3. The molecule has 0 saturated carbocycles. The number of rotatable bonds is 5. The van der Waals surface area contributed by atoms with Crippen LogP contribution in [-0.4, -0.2) is 6.16 Å². The standard InChI is InChI=1S/C23H21NP.ClH/c1-20(19-24)17-18-25(21-11-5-2-6-12-21,22-13-7-3-8-14-22)23-15-9-4-10-16-23;/h2-17H,18H2,1H3;1H/q+1;/p-1. The number of halogens is 1. The van der Waals surface area contributed by atoms with E-state index in [-0.39, 0.29) is 12.4 Å². The van der Waals surface area contributed by atoms with Crippen molar-refractivity contribution in [3.8, 4) is 6.07 Å². The Morgan fingerprint density at radius 3 is 1.42 bits per heavy atom. The van der Waals surface area contributed by atoms with Gasteiger partial charge in [-0.05, 0) is 49.4 Å². The molecule has 3 aromatic rings. The quantitative estimate of drug-likeness (QED) is 0.488. The van der Waals surface area contributed by atoms with Crippen molar-refractivity contribution in [2.75, 3.05) is 6.16 Å². The maximum absolute atomic E-state index is 9.24. The first-order chi connectivity index (χ1) is 12.3. The van der Waals surface area contributed by atoms with Crippen molar-refractivity contribution in [1.29, 1.82) is 5.26 Å². The summed E-state index contributed by atoms with van der Waals surface area (Å²) in [6, 6.07) is 34.5. The molecule has 3 aromatic carbocycles. The Hall–Kier alpha value is -2.39. The van der Waals surface area contributed by atoms with Gasteiger partial charge in [0.05, 0.1) is 12.2 Å². The van der Waals surface area contributed by atoms with Crippen LogP contribution in [0.2, 0.25) is 0 Å². The summed E-state index contributed by atoms with van der Waals surface area (Å²) in [4.78, 5) is 0. The van der Waals surface area contributed by atoms with E-state index in [0.29, 0.717) is 0 Å². The second kappa shape index (κ2) is 9.35. The second-order valence-corrected chi connectivity index (χ2v) is 9.53. The van der Waals surface area contributed by atoms with Gasteiger partial charge < -0.3 is 12.4 Å². The first-order valence-corrected chi connectivity index (χ1v) is 10.4. The van der Waals surface area contributed by atoms with Crippen LogP contribution in [0.5, 0.6) is 0 Å². The van der Waals surface area contributed by atoms with Gasteiger partial charge >= 0.3 is 0 Å². The van der Waals surface area contributed by atoms with E-state index in [9.17, 15) is 5.26 Å². The Morgan fingerprint density at radius 1 is 0.769 bits per heavy atom. The van der Waals surface area contributed by atoms with Crippen molar-refractivity contribution in [2.24, 2.45) is 0 Å². The Kier molecular flexibility index (Phi) is 7.16. The first kappa shape index (κ1) is 19.9. The van der Waals surface area contributed by atoms with Crippen LogP contribution in [0.1, 0.15) is 6.92 Å². The predicted octanol–water partition coefficient (Wildman–Crippen LogP) is 1.45. The largest absolute Gasteiger partial charge is 1.00 e. The summed E-state index contributed by atoms with van der Waals surface area (Å²) in [5, 5.41) is 13.3. The van der Waals surface area contributed by atoms with Crippen LogP contribution < -0.4 is 28.3 Å². The molecule has 0 heterocycles. The van der Waals surface area contributed by atoms with Gasteiger partial charge in [0.1, 0.15) is 23.2 Å². The molecule has 0 unspecified atom stereocenters. The minimum absolute atomic E-state index is 0. The van der Waals surface area contributed by atoms with Gasteiger partial charge in [-0.25, -0.2) is 0 Å². The van der Waals surface area contributed by atoms with Crippen LogP contribution in [0, 0.1) is 11.3 Å². The molecule has 3 heteroatoms. The summed E-state index contributed by atoms with van der Waals surface area (Å²) >= 11 is 0. The van der Waals surface area contributed by atoms with E-state index >= 15 is 0 Å². The van der Waals surface area contributed by atoms with Gasteiger partial charge in [0.2, 0.25) is 0 Å². The van der Waals surface area contributed by atoms with E-state index in [1.165, 1.54) is 15.9 Å². The molecule has 0 saturated heterocycles. The van der Waals surface area contributed by atoms with Crippen LogP contribution in [0.15, 0.2) is 103 Å². The molecule has 0 atom stereocenters. The van der Waals surface area contributed by atoms with E-state index in [1.807, 2.05) is 6.92 Å². The molecule has 26 heavy (non-hydrogen) atoms. The van der Waals surface area contributed by atoms with Gasteiger partial charge in [0.25, 0.3) is 0 Å². The fourth-order valence-electron chi connectivity index (χ4n) is 3.13. The SMILES string of the molecule is CC(C#N)=CC[P+](c1ccccc1)(c1ccccc1)c1ccccc1.[Cl-]. The molecule has 1 nitrogen and oxygen atoms in total. The third-order valence-corrected chi connectivity index (χ3v) is 8.71. The van der Waals surface area contributed by atoms with E-state index in [0.717, 1.165) is 11.7 Å². The molecule has 0 aliphatic carbocycles. The highest BCUT2D eigenvalue weighted by atomic mass is 35.5. The van der Waals surface area contributed by atoms with Gasteiger partial charge in [-0.2, -0.15) is 5.26 Å². The monoisotopic (exact) mass is 377 g/mol. The van der Waals surface area contributed by atoms with Gasteiger partial charge in [-0.3, -0.25) is 0 Å². The molecule has 0 bridgehead atoms. The van der Waals surface area contributed by atoms with Crippen molar-refractivity contribution < 1.29 is 12.4 Å². The highest BCUT2D eigenvalue weighted by Gasteiger charge is 2.44. The summed E-state index contributed by atoms with van der Waals surface area (Å²) < 4.78 is 0. The zero-order chi connectivity index (χ0) is 17.5. The predicted molar refractivity (Wildman–Crippen MR) is 109 cm³/mol. The molecule has 0 aliphatic rings. The molecule has 0 aliphatic heterocycles. The topological polar surface area (TPSA) is 23.8 Å². The molecule has 130 valence electrons. The molecular formula is C23H21ClNP. The van der Waals surface area contributed by atoms with Crippen LogP contribution >= 0.6 is 7.26 Å². The lowest BCUT2D eigenvalue weighted by Gasteiger charge is -2.26. The van der Waals surface area contributed by atoms with Crippen molar-refractivity contribution in [3.05, 3.63) is 103 Å². The second-order valence-electron chi connectivity index (χ2n) is 6.00. The summed E-state index contributed by atoms with van der Waals surface area (Å²) in [5.74, 6) is 0. The summed E-state index contributed by atoms with van der Waals surface area (Å²) in [6.07, 6.45) is 2.95. The van der Waals surface area contributed by atoms with Crippen LogP contribution in [-0.2, 0) is 0 Å². The summed E-state index contributed by atoms with van der Waals surface area (Å²) in [7, 11) is -1.85. The minimum Gasteiger partial charge on any atom is -1.00 e. The van der Waals surface area contributed by atoms with Crippen molar-refractivity contribution >= 4 is 23.2 Å². The van der Waals surface area contributed by atoms with Crippen LogP contribution in [0.25, 0.3) is 0 Å². The third kappa shape index (κ3) is 4.05. The molecule has 0 amide bonds. The minimum atomic E-state index is -1.85. The maximum atomic E-state index is 9.24. The smallest absolute Gasteiger partial charge is 0.116 e. The van der Waals surface area contributed by atoms with Crippen molar-refractivity contribution in [2.45, 2.75) is 6.92 Å². The number of nitriles is 1. The average molecular weight is 378 g/mol. The van der Waals surface area contributed by atoms with Gasteiger partial charge in [0.15, 0.2) is 0 Å². The van der Waals surface area contributed by atoms with Gasteiger partial charge in [-0.15, -0.1) is 0 Å². The van der Waals surface area contributed by atoms with Crippen LogP contribution in [0.3, 0.4) is 0 Å². The molecular weight excluding hydrogens is 357 g/mol. The number of nitrogens with zero attached hydrogens (tertiary/aromatic N) is 1. The third-order valence-electron chi connectivity index (χ3n) is 4.44. The molecule has 0 N–H and O–H groups in total. The summed E-state index contributed by atoms with van der Waals surface area (Å²) in [5.41, 5.74) is 0.771. The highest BCUT2D eigenvalue weighted by molar-refractivity contribution is 7.95. The maximum Gasteiger partial charge on any atom is 0.116 e. The highest BCUT2D eigenvalue weighted by Crippen LogP contribution is 2.55. The Balaban J connectivity index is 0.00000243. The van der Waals surface area contributed by atoms with Gasteiger partial charge in [-0.1, -0.05) is 54.6 Å². The number of benzene rings is 3.